The van der Waals surface area contributed by atoms with Gasteiger partial charge in [0.25, 0.3) is 0 Å². The maximum absolute atomic E-state index is 12.3. The first kappa shape index (κ1) is 17.1. The molecule has 8 heteroatoms. The molecule has 1 rings (SSSR count). The first-order valence-electron chi connectivity index (χ1n) is 6.12. The van der Waals surface area contributed by atoms with Crippen LogP contribution < -0.4 is 20.5 Å². The van der Waals surface area contributed by atoms with Gasteiger partial charge in [-0.2, -0.15) is 8.78 Å². The monoisotopic (exact) mass is 304 g/mol. The van der Waals surface area contributed by atoms with Crippen LogP contribution >= 0.6 is 0 Å². The third-order valence-electron chi connectivity index (χ3n) is 2.59. The summed E-state index contributed by atoms with van der Waals surface area (Å²) in [5, 5.41) is 2.57. The van der Waals surface area contributed by atoms with Crippen LogP contribution in [0, 0.1) is 0 Å². The Hall–Kier alpha value is -1.93. The van der Waals surface area contributed by atoms with E-state index < -0.39 is 18.6 Å². The van der Waals surface area contributed by atoms with E-state index in [1.165, 1.54) is 26.4 Å². The lowest BCUT2D eigenvalue weighted by atomic mass is 10.2. The van der Waals surface area contributed by atoms with E-state index >= 15 is 0 Å². The Morgan fingerprint density at radius 2 is 2.05 bits per heavy atom. The number of halogens is 2. The maximum Gasteiger partial charge on any atom is 0.387 e. The van der Waals surface area contributed by atoms with Crippen LogP contribution in [0.3, 0.4) is 0 Å². The molecule has 0 bridgehead atoms. The number of alkyl halides is 2. The van der Waals surface area contributed by atoms with Crippen LogP contribution in [0.5, 0.6) is 11.5 Å². The number of carbonyl (C=O) groups excluding carboxylic acids is 1. The van der Waals surface area contributed by atoms with Gasteiger partial charge in [-0.3, -0.25) is 4.79 Å². The summed E-state index contributed by atoms with van der Waals surface area (Å²) in [6.07, 6.45) is 0. The lowest BCUT2D eigenvalue weighted by molar-refractivity contribution is -0.123. The van der Waals surface area contributed by atoms with Gasteiger partial charge in [-0.1, -0.05) is 6.07 Å². The smallest absolute Gasteiger partial charge is 0.387 e. The molecule has 0 saturated heterocycles. The molecule has 118 valence electrons. The van der Waals surface area contributed by atoms with Gasteiger partial charge in [0, 0.05) is 13.7 Å². The number of hydrogen-bond acceptors (Lipinski definition) is 5. The van der Waals surface area contributed by atoms with E-state index in [1.807, 2.05) is 0 Å². The molecule has 21 heavy (non-hydrogen) atoms. The second-order valence-electron chi connectivity index (χ2n) is 4.14. The van der Waals surface area contributed by atoms with Gasteiger partial charge in [-0.25, -0.2) is 0 Å². The van der Waals surface area contributed by atoms with Crippen LogP contribution in [-0.4, -0.2) is 39.4 Å². The molecule has 0 aliphatic carbocycles. The van der Waals surface area contributed by atoms with Crippen molar-refractivity contribution in [1.82, 2.24) is 5.32 Å². The molecule has 0 spiro atoms. The second kappa shape index (κ2) is 8.38. The minimum Gasteiger partial charge on any atom is -0.493 e. The van der Waals surface area contributed by atoms with Crippen LogP contribution in [0.15, 0.2) is 18.2 Å². The van der Waals surface area contributed by atoms with Gasteiger partial charge < -0.3 is 25.3 Å². The molecular formula is C13H18F2N2O4. The second-order valence-corrected chi connectivity index (χ2v) is 4.14. The van der Waals surface area contributed by atoms with Crippen molar-refractivity contribution in [2.45, 2.75) is 19.2 Å². The minimum absolute atomic E-state index is 0.0915. The molecule has 3 N–H and O–H groups in total. The van der Waals surface area contributed by atoms with Crippen molar-refractivity contribution in [1.29, 1.82) is 0 Å². The topological polar surface area (TPSA) is 82.8 Å². The molecule has 0 radical (unpaired) electrons. The fourth-order valence-electron chi connectivity index (χ4n) is 1.59. The van der Waals surface area contributed by atoms with Gasteiger partial charge in [-0.15, -0.1) is 0 Å². The molecular weight excluding hydrogens is 286 g/mol. The zero-order valence-electron chi connectivity index (χ0n) is 11.8. The van der Waals surface area contributed by atoms with Crippen molar-refractivity contribution in [2.75, 3.05) is 20.8 Å². The Labute approximate surface area is 121 Å². The zero-order valence-corrected chi connectivity index (χ0v) is 11.8. The fraction of sp³-hybridized carbons (Fsp3) is 0.462. The largest absolute Gasteiger partial charge is 0.493 e. The van der Waals surface area contributed by atoms with Gasteiger partial charge in [-0.05, 0) is 17.7 Å². The van der Waals surface area contributed by atoms with Crippen LogP contribution in [0.25, 0.3) is 0 Å². The van der Waals surface area contributed by atoms with Crippen molar-refractivity contribution >= 4 is 5.91 Å². The summed E-state index contributed by atoms with van der Waals surface area (Å²) in [5.74, 6) is -0.314. The number of nitrogens with two attached hydrogens (primary N) is 1. The third kappa shape index (κ3) is 5.52. The number of ether oxygens (including phenoxy) is 3. The number of hydrogen-bond donors (Lipinski definition) is 2. The summed E-state index contributed by atoms with van der Waals surface area (Å²) < 4.78 is 38.6. The average molecular weight is 304 g/mol. The lowest BCUT2D eigenvalue weighted by Crippen LogP contribution is -2.43. The summed E-state index contributed by atoms with van der Waals surface area (Å²) in [6, 6.07) is 3.69. The van der Waals surface area contributed by atoms with Gasteiger partial charge in [0.2, 0.25) is 5.91 Å². The van der Waals surface area contributed by atoms with Crippen molar-refractivity contribution in [2.24, 2.45) is 5.73 Å². The number of rotatable bonds is 8. The maximum atomic E-state index is 12.3. The van der Waals surface area contributed by atoms with Gasteiger partial charge in [0.15, 0.2) is 11.5 Å². The number of nitrogens with one attached hydrogen (secondary N) is 1. The molecule has 0 aliphatic heterocycles. The molecule has 1 aromatic carbocycles. The van der Waals surface area contributed by atoms with Gasteiger partial charge in [0.05, 0.1) is 13.7 Å². The molecule has 1 unspecified atom stereocenters. The SMILES string of the molecule is COCC(N)C(=O)NCc1ccc(OC)c(OC(F)F)c1. The molecule has 0 aliphatic rings. The molecule has 1 amide bonds. The third-order valence-corrected chi connectivity index (χ3v) is 2.59. The molecule has 1 aromatic rings. The van der Waals surface area contributed by atoms with Crippen LogP contribution in [0.4, 0.5) is 8.78 Å². The zero-order chi connectivity index (χ0) is 15.8. The molecule has 0 heterocycles. The summed E-state index contributed by atoms with van der Waals surface area (Å²) in [7, 11) is 2.78. The van der Waals surface area contributed by atoms with E-state index in [-0.39, 0.29) is 24.7 Å². The van der Waals surface area contributed by atoms with Crippen molar-refractivity contribution in [3.63, 3.8) is 0 Å². The Morgan fingerprint density at radius 1 is 1.33 bits per heavy atom. The predicted octanol–water partition coefficient (Wildman–Crippen LogP) is 0.886. The molecule has 1 atom stereocenters. The van der Waals surface area contributed by atoms with Crippen LogP contribution in [0.1, 0.15) is 5.56 Å². The van der Waals surface area contributed by atoms with E-state index in [4.69, 9.17) is 15.2 Å². The highest BCUT2D eigenvalue weighted by Crippen LogP contribution is 2.29. The normalized spacial score (nSPS) is 12.1. The highest BCUT2D eigenvalue weighted by atomic mass is 19.3. The highest BCUT2D eigenvalue weighted by molar-refractivity contribution is 5.81. The van der Waals surface area contributed by atoms with E-state index in [0.29, 0.717) is 5.56 Å². The van der Waals surface area contributed by atoms with Gasteiger partial charge >= 0.3 is 6.61 Å². The number of benzene rings is 1. The van der Waals surface area contributed by atoms with Crippen molar-refractivity contribution in [3.05, 3.63) is 23.8 Å². The predicted molar refractivity (Wildman–Crippen MR) is 71.3 cm³/mol. The van der Waals surface area contributed by atoms with E-state index in [9.17, 15) is 13.6 Å². The summed E-state index contributed by atoms with van der Waals surface area (Å²) in [4.78, 5) is 11.6. The first-order chi connectivity index (χ1) is 9.97. The van der Waals surface area contributed by atoms with Gasteiger partial charge in [0.1, 0.15) is 6.04 Å². The summed E-state index contributed by atoms with van der Waals surface area (Å²) in [5.41, 5.74) is 6.13. The molecule has 0 saturated carbocycles. The van der Waals surface area contributed by atoms with E-state index in [2.05, 4.69) is 10.1 Å². The number of methoxy groups -OCH3 is 2. The van der Waals surface area contributed by atoms with Crippen LogP contribution in [0.2, 0.25) is 0 Å². The molecule has 6 nitrogen and oxygen atoms in total. The Balaban J connectivity index is 2.69. The number of carbonyl (C=O) groups is 1. The van der Waals surface area contributed by atoms with Crippen LogP contribution in [-0.2, 0) is 16.1 Å². The highest BCUT2D eigenvalue weighted by Gasteiger charge is 2.14. The number of amides is 1. The quantitative estimate of drug-likeness (QED) is 0.745. The molecule has 0 aromatic heterocycles. The van der Waals surface area contributed by atoms with E-state index in [1.54, 1.807) is 6.07 Å². The lowest BCUT2D eigenvalue weighted by Gasteiger charge is -2.13. The fourth-order valence-corrected chi connectivity index (χ4v) is 1.59. The standard InChI is InChI=1S/C13H18F2N2O4/c1-19-7-9(16)12(18)17-6-8-3-4-10(20-2)11(5-8)21-13(14)15/h3-5,9,13H,6-7,16H2,1-2H3,(H,17,18). The molecule has 0 fully saturated rings. The van der Waals surface area contributed by atoms with Crippen molar-refractivity contribution < 1.29 is 27.8 Å². The Bertz CT molecular complexity index is 471. The summed E-state index contributed by atoms with van der Waals surface area (Å²) in [6.45, 7) is -2.74. The first-order valence-corrected chi connectivity index (χ1v) is 6.12. The van der Waals surface area contributed by atoms with E-state index in [0.717, 1.165) is 0 Å². The Morgan fingerprint density at radius 3 is 2.62 bits per heavy atom. The van der Waals surface area contributed by atoms with Crippen molar-refractivity contribution in [3.8, 4) is 11.5 Å². The minimum atomic E-state index is -2.96. The summed E-state index contributed by atoms with van der Waals surface area (Å²) >= 11 is 0. The Kier molecular flexibility index (Phi) is 6.83. The average Bonchev–Trinajstić information content (AvgIpc) is 2.44.